The van der Waals surface area contributed by atoms with Crippen molar-refractivity contribution < 1.29 is 14.3 Å². The quantitative estimate of drug-likeness (QED) is 0.820. The molecular formula is C18H22ClN5O3. The molecule has 2 N–H and O–H groups in total. The van der Waals surface area contributed by atoms with Gasteiger partial charge < -0.3 is 15.0 Å². The van der Waals surface area contributed by atoms with E-state index in [1.54, 1.807) is 46.1 Å². The third-order valence-electron chi connectivity index (χ3n) is 4.46. The first-order valence-corrected chi connectivity index (χ1v) is 9.09. The van der Waals surface area contributed by atoms with E-state index in [0.717, 1.165) is 12.8 Å². The van der Waals surface area contributed by atoms with Crippen molar-refractivity contribution in [1.29, 1.82) is 0 Å². The highest BCUT2D eigenvalue weighted by Crippen LogP contribution is 2.26. The van der Waals surface area contributed by atoms with Crippen LogP contribution in [-0.2, 0) is 9.53 Å². The smallest absolute Gasteiger partial charge is 0.324 e. The number of aromatic nitrogens is 2. The fourth-order valence-electron chi connectivity index (χ4n) is 3.11. The van der Waals surface area contributed by atoms with Crippen molar-refractivity contribution in [3.63, 3.8) is 0 Å². The summed E-state index contributed by atoms with van der Waals surface area (Å²) in [6.07, 6.45) is 3.17. The number of likely N-dealkylation sites (tertiary alicyclic amines) is 1. The van der Waals surface area contributed by atoms with Crippen LogP contribution < -0.4 is 10.6 Å². The normalized spacial score (nSPS) is 14.8. The Labute approximate surface area is 162 Å². The maximum Gasteiger partial charge on any atom is 0.324 e. The Balaban J connectivity index is 1.59. The SMILES string of the molecule is COCC(=O)N1CCC(n2nccc2NC(=O)Nc2ccccc2Cl)CC1. The number of rotatable bonds is 5. The average Bonchev–Trinajstić information content (AvgIpc) is 3.12. The molecule has 1 aliphatic heterocycles. The largest absolute Gasteiger partial charge is 0.375 e. The molecule has 1 fully saturated rings. The van der Waals surface area contributed by atoms with Gasteiger partial charge in [-0.25, -0.2) is 9.48 Å². The van der Waals surface area contributed by atoms with Gasteiger partial charge in [0.25, 0.3) is 0 Å². The first kappa shape index (κ1) is 19.2. The molecule has 0 spiro atoms. The lowest BCUT2D eigenvalue weighted by Crippen LogP contribution is -2.41. The van der Waals surface area contributed by atoms with Crippen molar-refractivity contribution in [2.24, 2.45) is 0 Å². The molecule has 0 radical (unpaired) electrons. The summed E-state index contributed by atoms with van der Waals surface area (Å²) in [7, 11) is 1.51. The fraction of sp³-hybridized carbons (Fsp3) is 0.389. The molecule has 0 atom stereocenters. The fourth-order valence-corrected chi connectivity index (χ4v) is 3.29. The number of nitrogens with one attached hydrogen (secondary N) is 2. The predicted molar refractivity (Wildman–Crippen MR) is 103 cm³/mol. The Bertz CT molecular complexity index is 802. The van der Waals surface area contributed by atoms with Crippen molar-refractivity contribution in [2.75, 3.05) is 37.4 Å². The lowest BCUT2D eigenvalue weighted by atomic mass is 10.1. The zero-order valence-corrected chi connectivity index (χ0v) is 15.8. The standard InChI is InChI=1S/C18H22ClN5O3/c1-27-12-17(25)23-10-7-13(8-11-23)24-16(6-9-20-24)22-18(26)21-15-5-3-2-4-14(15)19/h2-6,9,13H,7-8,10-12H2,1H3,(H2,21,22,26). The Hall–Kier alpha value is -2.58. The molecule has 1 aliphatic rings. The van der Waals surface area contributed by atoms with Gasteiger partial charge in [0.05, 0.1) is 22.9 Å². The van der Waals surface area contributed by atoms with E-state index in [9.17, 15) is 9.59 Å². The van der Waals surface area contributed by atoms with Gasteiger partial charge in [-0.2, -0.15) is 5.10 Å². The average molecular weight is 392 g/mol. The Morgan fingerprint density at radius 3 is 2.67 bits per heavy atom. The summed E-state index contributed by atoms with van der Waals surface area (Å²) in [5.74, 6) is 0.593. The number of methoxy groups -OCH3 is 1. The van der Waals surface area contributed by atoms with Gasteiger partial charge in [-0.15, -0.1) is 0 Å². The third kappa shape index (κ3) is 4.78. The van der Waals surface area contributed by atoms with Crippen LogP contribution in [0.2, 0.25) is 5.02 Å². The third-order valence-corrected chi connectivity index (χ3v) is 4.79. The predicted octanol–water partition coefficient (Wildman–Crippen LogP) is 2.99. The summed E-state index contributed by atoms with van der Waals surface area (Å²) in [6, 6.07) is 8.50. The topological polar surface area (TPSA) is 88.5 Å². The molecule has 1 aromatic carbocycles. The molecule has 27 heavy (non-hydrogen) atoms. The summed E-state index contributed by atoms with van der Waals surface area (Å²) in [4.78, 5) is 26.0. The number of carbonyl (C=O) groups excluding carboxylic acids is 2. The van der Waals surface area contributed by atoms with E-state index in [4.69, 9.17) is 16.3 Å². The van der Waals surface area contributed by atoms with E-state index in [2.05, 4.69) is 15.7 Å². The number of anilines is 2. The summed E-state index contributed by atoms with van der Waals surface area (Å²) in [5, 5.41) is 10.3. The van der Waals surface area contributed by atoms with E-state index >= 15 is 0 Å². The lowest BCUT2D eigenvalue weighted by Gasteiger charge is -2.32. The number of urea groups is 1. The molecule has 3 rings (SSSR count). The minimum atomic E-state index is -0.391. The van der Waals surface area contributed by atoms with Gasteiger partial charge >= 0.3 is 6.03 Å². The van der Waals surface area contributed by atoms with Crippen LogP contribution in [-0.4, -0.2) is 53.4 Å². The van der Waals surface area contributed by atoms with Crippen LogP contribution >= 0.6 is 11.6 Å². The van der Waals surface area contributed by atoms with Gasteiger partial charge in [-0.3, -0.25) is 10.1 Å². The minimum absolute atomic E-state index is 0.00567. The maximum absolute atomic E-state index is 12.3. The number of carbonyl (C=O) groups is 2. The van der Waals surface area contributed by atoms with Gasteiger partial charge in [0.1, 0.15) is 12.4 Å². The number of nitrogens with zero attached hydrogens (tertiary/aromatic N) is 3. The van der Waals surface area contributed by atoms with Gasteiger partial charge in [-0.1, -0.05) is 23.7 Å². The van der Waals surface area contributed by atoms with E-state index in [0.29, 0.717) is 29.6 Å². The van der Waals surface area contributed by atoms with Crippen LogP contribution in [0.15, 0.2) is 36.5 Å². The molecule has 0 saturated carbocycles. The Morgan fingerprint density at radius 1 is 1.22 bits per heavy atom. The highest BCUT2D eigenvalue weighted by molar-refractivity contribution is 6.33. The van der Waals surface area contributed by atoms with E-state index in [1.807, 2.05) is 0 Å². The zero-order chi connectivity index (χ0) is 19.2. The second kappa shape index (κ2) is 8.88. The summed E-state index contributed by atoms with van der Waals surface area (Å²) >= 11 is 6.06. The minimum Gasteiger partial charge on any atom is -0.375 e. The number of hydrogen-bond donors (Lipinski definition) is 2. The summed E-state index contributed by atoms with van der Waals surface area (Å²) in [5.41, 5.74) is 0.535. The maximum atomic E-state index is 12.3. The van der Waals surface area contributed by atoms with Crippen LogP contribution in [0, 0.1) is 0 Å². The lowest BCUT2D eigenvalue weighted by molar-refractivity contribution is -0.136. The highest BCUT2D eigenvalue weighted by atomic mass is 35.5. The number of para-hydroxylation sites is 1. The molecule has 1 aromatic heterocycles. The van der Waals surface area contributed by atoms with Crippen molar-refractivity contribution in [3.05, 3.63) is 41.6 Å². The van der Waals surface area contributed by atoms with Crippen LogP contribution in [0.3, 0.4) is 0 Å². The number of benzene rings is 1. The molecule has 3 amide bonds. The molecule has 9 heteroatoms. The molecule has 2 aromatic rings. The van der Waals surface area contributed by atoms with Gasteiger partial charge in [0, 0.05) is 26.3 Å². The molecule has 8 nitrogen and oxygen atoms in total. The molecule has 144 valence electrons. The van der Waals surface area contributed by atoms with Gasteiger partial charge in [0.15, 0.2) is 0 Å². The van der Waals surface area contributed by atoms with Crippen LogP contribution in [0.4, 0.5) is 16.3 Å². The number of amides is 3. The van der Waals surface area contributed by atoms with Crippen LogP contribution in [0.25, 0.3) is 0 Å². The first-order valence-electron chi connectivity index (χ1n) is 8.71. The van der Waals surface area contributed by atoms with Gasteiger partial charge in [-0.05, 0) is 25.0 Å². The highest BCUT2D eigenvalue weighted by Gasteiger charge is 2.25. The van der Waals surface area contributed by atoms with Crippen LogP contribution in [0.1, 0.15) is 18.9 Å². The van der Waals surface area contributed by atoms with Crippen molar-refractivity contribution in [2.45, 2.75) is 18.9 Å². The summed E-state index contributed by atoms with van der Waals surface area (Å²) in [6.45, 7) is 1.37. The monoisotopic (exact) mass is 391 g/mol. The van der Waals surface area contributed by atoms with Crippen molar-refractivity contribution in [1.82, 2.24) is 14.7 Å². The number of piperidine rings is 1. The van der Waals surface area contributed by atoms with E-state index in [-0.39, 0.29) is 18.6 Å². The second-order valence-electron chi connectivity index (χ2n) is 6.26. The molecule has 0 bridgehead atoms. The van der Waals surface area contributed by atoms with Crippen molar-refractivity contribution >= 4 is 35.0 Å². The van der Waals surface area contributed by atoms with Crippen LogP contribution in [0.5, 0.6) is 0 Å². The first-order chi connectivity index (χ1) is 13.1. The Kier molecular flexibility index (Phi) is 6.31. The Morgan fingerprint density at radius 2 is 1.96 bits per heavy atom. The molecule has 0 aliphatic carbocycles. The molecular weight excluding hydrogens is 370 g/mol. The molecule has 2 heterocycles. The number of halogens is 1. The van der Waals surface area contributed by atoms with E-state index in [1.165, 1.54) is 7.11 Å². The van der Waals surface area contributed by atoms with E-state index < -0.39 is 6.03 Å². The second-order valence-corrected chi connectivity index (χ2v) is 6.67. The molecule has 1 saturated heterocycles. The number of ether oxygens (including phenoxy) is 1. The molecule has 0 unspecified atom stereocenters. The summed E-state index contributed by atoms with van der Waals surface area (Å²) < 4.78 is 6.70. The zero-order valence-electron chi connectivity index (χ0n) is 15.0. The van der Waals surface area contributed by atoms with Crippen molar-refractivity contribution in [3.8, 4) is 0 Å². The number of hydrogen-bond acceptors (Lipinski definition) is 4. The van der Waals surface area contributed by atoms with Gasteiger partial charge in [0.2, 0.25) is 5.91 Å².